The summed E-state index contributed by atoms with van der Waals surface area (Å²) < 4.78 is 28.3. The first-order valence-corrected chi connectivity index (χ1v) is 11.1. The SMILES string of the molecule is Cc1ccc(C)c(NC(=O)COC(=O)C2=NN([C@H]3CCS(=O)(=O)C3)C(=O)CC2)c1. The lowest BCUT2D eigenvalue weighted by molar-refractivity contribution is -0.141. The highest BCUT2D eigenvalue weighted by Crippen LogP contribution is 2.22. The fourth-order valence-electron chi connectivity index (χ4n) is 3.24. The number of hydrazone groups is 1. The van der Waals surface area contributed by atoms with Crippen LogP contribution in [0.25, 0.3) is 0 Å². The zero-order valence-corrected chi connectivity index (χ0v) is 17.1. The van der Waals surface area contributed by atoms with Gasteiger partial charge in [-0.05, 0) is 37.5 Å². The van der Waals surface area contributed by atoms with Gasteiger partial charge in [0.05, 0.1) is 17.5 Å². The first-order valence-electron chi connectivity index (χ1n) is 9.29. The molecule has 156 valence electrons. The van der Waals surface area contributed by atoms with Crippen LogP contribution in [0.3, 0.4) is 0 Å². The van der Waals surface area contributed by atoms with E-state index in [0.717, 1.165) is 16.1 Å². The van der Waals surface area contributed by atoms with Crippen molar-refractivity contribution in [1.29, 1.82) is 0 Å². The summed E-state index contributed by atoms with van der Waals surface area (Å²) in [5, 5.41) is 7.80. The largest absolute Gasteiger partial charge is 0.451 e. The molecule has 0 spiro atoms. The number of rotatable bonds is 5. The number of nitrogens with one attached hydrogen (secondary N) is 1. The molecule has 9 nitrogen and oxygen atoms in total. The first-order chi connectivity index (χ1) is 13.6. The first kappa shape index (κ1) is 21.0. The maximum absolute atomic E-state index is 12.3. The standard InChI is InChI=1S/C19H23N3O6S/c1-12-3-4-13(2)16(9-12)20-17(23)10-28-19(25)15-5-6-18(24)22(21-15)14-7-8-29(26,27)11-14/h3-4,9,14H,5-8,10-11H2,1-2H3,(H,20,23)/t14-/m0/s1. The predicted octanol–water partition coefficient (Wildman–Crippen LogP) is 0.951. The molecule has 1 aromatic rings. The van der Waals surface area contributed by atoms with Gasteiger partial charge in [-0.15, -0.1) is 0 Å². The number of sulfone groups is 1. The van der Waals surface area contributed by atoms with Gasteiger partial charge in [0, 0.05) is 18.5 Å². The minimum Gasteiger partial charge on any atom is -0.451 e. The van der Waals surface area contributed by atoms with Crippen LogP contribution in [0.2, 0.25) is 0 Å². The number of anilines is 1. The molecule has 1 atom stereocenters. The number of hydrogen-bond donors (Lipinski definition) is 1. The van der Waals surface area contributed by atoms with E-state index in [1.165, 1.54) is 0 Å². The molecule has 0 bridgehead atoms. The van der Waals surface area contributed by atoms with Gasteiger partial charge in [0.1, 0.15) is 5.71 Å². The van der Waals surface area contributed by atoms with Gasteiger partial charge in [0.2, 0.25) is 5.91 Å². The Morgan fingerprint density at radius 3 is 2.72 bits per heavy atom. The molecule has 1 aromatic carbocycles. The number of nitrogens with zero attached hydrogens (tertiary/aromatic N) is 2. The van der Waals surface area contributed by atoms with Crippen LogP contribution in [0.4, 0.5) is 5.69 Å². The summed E-state index contributed by atoms with van der Waals surface area (Å²) >= 11 is 0. The molecule has 0 saturated carbocycles. The molecule has 2 aliphatic heterocycles. The zero-order valence-electron chi connectivity index (χ0n) is 16.3. The Bertz CT molecular complexity index is 986. The second kappa shape index (κ2) is 8.32. The number of hydrogen-bond acceptors (Lipinski definition) is 7. The van der Waals surface area contributed by atoms with Crippen molar-refractivity contribution in [2.24, 2.45) is 5.10 Å². The summed E-state index contributed by atoms with van der Waals surface area (Å²) in [7, 11) is -3.20. The van der Waals surface area contributed by atoms with Crippen molar-refractivity contribution < 1.29 is 27.5 Å². The Kier molecular flexibility index (Phi) is 6.02. The van der Waals surface area contributed by atoms with E-state index in [-0.39, 0.29) is 42.4 Å². The molecule has 0 aromatic heterocycles. The zero-order chi connectivity index (χ0) is 21.2. The predicted molar refractivity (Wildman–Crippen MR) is 106 cm³/mol. The number of carbonyl (C=O) groups excluding carboxylic acids is 3. The fraction of sp³-hybridized carbons (Fsp3) is 0.474. The molecule has 1 N–H and O–H groups in total. The Labute approximate surface area is 169 Å². The summed E-state index contributed by atoms with van der Waals surface area (Å²) in [5.74, 6) is -1.77. The Hall–Kier alpha value is -2.75. The molecule has 0 aliphatic carbocycles. The molecule has 3 rings (SSSR count). The van der Waals surface area contributed by atoms with Crippen molar-refractivity contribution in [3.8, 4) is 0 Å². The highest BCUT2D eigenvalue weighted by Gasteiger charge is 2.37. The van der Waals surface area contributed by atoms with Crippen LogP contribution in [-0.2, 0) is 29.0 Å². The van der Waals surface area contributed by atoms with Gasteiger partial charge in [-0.1, -0.05) is 12.1 Å². The maximum atomic E-state index is 12.3. The number of aryl methyl sites for hydroxylation is 2. The molecule has 0 radical (unpaired) electrons. The van der Waals surface area contributed by atoms with E-state index in [2.05, 4.69) is 10.4 Å². The molecule has 1 fully saturated rings. The fourth-order valence-corrected chi connectivity index (χ4v) is 4.94. The van der Waals surface area contributed by atoms with E-state index in [1.54, 1.807) is 0 Å². The van der Waals surface area contributed by atoms with Crippen LogP contribution in [0, 0.1) is 13.8 Å². The van der Waals surface area contributed by atoms with Crippen LogP contribution in [0.1, 0.15) is 30.4 Å². The molecule has 2 amide bonds. The van der Waals surface area contributed by atoms with Crippen molar-refractivity contribution in [3.63, 3.8) is 0 Å². The normalized spacial score (nSPS) is 20.9. The van der Waals surface area contributed by atoms with Crippen LogP contribution < -0.4 is 5.32 Å². The Morgan fingerprint density at radius 2 is 2.03 bits per heavy atom. The number of amides is 2. The van der Waals surface area contributed by atoms with E-state index < -0.39 is 34.4 Å². The van der Waals surface area contributed by atoms with Crippen LogP contribution in [0.15, 0.2) is 23.3 Å². The molecule has 2 heterocycles. The average molecular weight is 421 g/mol. The van der Waals surface area contributed by atoms with Crippen molar-refractivity contribution in [2.45, 2.75) is 39.2 Å². The van der Waals surface area contributed by atoms with Crippen LogP contribution >= 0.6 is 0 Å². The van der Waals surface area contributed by atoms with Crippen LogP contribution in [-0.4, -0.2) is 61.1 Å². The third-order valence-corrected chi connectivity index (χ3v) is 6.60. The number of benzene rings is 1. The minimum absolute atomic E-state index is 0.00467. The highest BCUT2D eigenvalue weighted by atomic mass is 32.2. The van der Waals surface area contributed by atoms with Gasteiger partial charge in [0.15, 0.2) is 16.4 Å². The van der Waals surface area contributed by atoms with Crippen molar-refractivity contribution in [2.75, 3.05) is 23.4 Å². The minimum atomic E-state index is -3.20. The van der Waals surface area contributed by atoms with E-state index >= 15 is 0 Å². The molecule has 0 unspecified atom stereocenters. The second-order valence-electron chi connectivity index (χ2n) is 7.28. The van der Waals surface area contributed by atoms with E-state index in [9.17, 15) is 22.8 Å². The lowest BCUT2D eigenvalue weighted by Gasteiger charge is -2.27. The van der Waals surface area contributed by atoms with E-state index in [1.807, 2.05) is 32.0 Å². The Morgan fingerprint density at radius 1 is 1.28 bits per heavy atom. The second-order valence-corrected chi connectivity index (χ2v) is 9.51. The van der Waals surface area contributed by atoms with Crippen LogP contribution in [0.5, 0.6) is 0 Å². The van der Waals surface area contributed by atoms with E-state index in [4.69, 9.17) is 4.74 Å². The van der Waals surface area contributed by atoms with Gasteiger partial charge in [0.25, 0.3) is 5.91 Å². The van der Waals surface area contributed by atoms with Gasteiger partial charge in [-0.3, -0.25) is 9.59 Å². The molecule has 29 heavy (non-hydrogen) atoms. The maximum Gasteiger partial charge on any atom is 0.355 e. The van der Waals surface area contributed by atoms with Gasteiger partial charge in [-0.25, -0.2) is 18.2 Å². The topological polar surface area (TPSA) is 122 Å². The molecule has 2 aliphatic rings. The summed E-state index contributed by atoms with van der Waals surface area (Å²) in [6.45, 7) is 3.27. The number of ether oxygens (including phenoxy) is 1. The third kappa shape index (κ3) is 5.20. The summed E-state index contributed by atoms with van der Waals surface area (Å²) in [5.41, 5.74) is 2.51. The van der Waals surface area contributed by atoms with Crippen molar-refractivity contribution in [1.82, 2.24) is 5.01 Å². The third-order valence-electron chi connectivity index (χ3n) is 4.85. The molecule has 1 saturated heterocycles. The summed E-state index contributed by atoms with van der Waals surface area (Å²) in [6, 6.07) is 5.06. The van der Waals surface area contributed by atoms with E-state index in [0.29, 0.717) is 5.69 Å². The summed E-state index contributed by atoms with van der Waals surface area (Å²) in [6.07, 6.45) is 0.420. The number of esters is 1. The van der Waals surface area contributed by atoms with Crippen molar-refractivity contribution >= 4 is 39.0 Å². The molecular weight excluding hydrogens is 398 g/mol. The highest BCUT2D eigenvalue weighted by molar-refractivity contribution is 7.91. The lowest BCUT2D eigenvalue weighted by Crippen LogP contribution is -2.42. The monoisotopic (exact) mass is 421 g/mol. The van der Waals surface area contributed by atoms with Gasteiger partial charge < -0.3 is 10.1 Å². The molecular formula is C19H23N3O6S. The number of carbonyl (C=O) groups is 3. The smallest absolute Gasteiger partial charge is 0.355 e. The van der Waals surface area contributed by atoms with Gasteiger partial charge in [-0.2, -0.15) is 5.10 Å². The quantitative estimate of drug-likeness (QED) is 0.707. The van der Waals surface area contributed by atoms with Crippen molar-refractivity contribution in [3.05, 3.63) is 29.3 Å². The molecule has 10 heteroatoms. The summed E-state index contributed by atoms with van der Waals surface area (Å²) in [4.78, 5) is 36.5. The van der Waals surface area contributed by atoms with Gasteiger partial charge >= 0.3 is 5.97 Å². The average Bonchev–Trinajstić information content (AvgIpc) is 3.02. The Balaban J connectivity index is 1.59. The lowest BCUT2D eigenvalue weighted by atomic mass is 10.1.